The normalized spacial score (nSPS) is 14.8. The van der Waals surface area contributed by atoms with E-state index in [0.717, 1.165) is 28.3 Å². The van der Waals surface area contributed by atoms with Crippen LogP contribution >= 0.6 is 11.8 Å². The third-order valence-corrected chi connectivity index (χ3v) is 4.84. The summed E-state index contributed by atoms with van der Waals surface area (Å²) in [5, 5.41) is 10.2. The third kappa shape index (κ3) is 2.43. The molecule has 0 aliphatic carbocycles. The van der Waals surface area contributed by atoms with Crippen molar-refractivity contribution in [3.63, 3.8) is 0 Å². The van der Waals surface area contributed by atoms with E-state index in [1.165, 1.54) is 11.1 Å². The summed E-state index contributed by atoms with van der Waals surface area (Å²) < 4.78 is 0. The summed E-state index contributed by atoms with van der Waals surface area (Å²) in [5.74, 6) is -1.27. The van der Waals surface area contributed by atoms with Crippen LogP contribution in [0.15, 0.2) is 46.5 Å². The van der Waals surface area contributed by atoms with Gasteiger partial charge >= 0.3 is 5.97 Å². The van der Waals surface area contributed by atoms with Crippen LogP contribution in [0.1, 0.15) is 29.5 Å². The van der Waals surface area contributed by atoms with Crippen LogP contribution in [-0.2, 0) is 17.6 Å². The summed E-state index contributed by atoms with van der Waals surface area (Å²) in [5.41, 5.74) is 3.39. The van der Waals surface area contributed by atoms with Crippen molar-refractivity contribution in [2.75, 3.05) is 0 Å². The molecule has 1 aliphatic heterocycles. The van der Waals surface area contributed by atoms with Crippen molar-refractivity contribution < 1.29 is 9.90 Å². The molecule has 0 saturated heterocycles. The lowest BCUT2D eigenvalue weighted by molar-refractivity contribution is -0.138. The molecule has 20 heavy (non-hydrogen) atoms. The molecular weight excluding hydrogens is 270 g/mol. The van der Waals surface area contributed by atoms with Gasteiger partial charge in [-0.25, -0.2) is 4.98 Å². The second kappa shape index (κ2) is 5.29. The van der Waals surface area contributed by atoms with Gasteiger partial charge in [-0.05, 0) is 48.6 Å². The number of hydrogen-bond donors (Lipinski definition) is 1. The van der Waals surface area contributed by atoms with Crippen molar-refractivity contribution >= 4 is 17.7 Å². The lowest BCUT2D eigenvalue weighted by atomic mass is 9.98. The Kier molecular flexibility index (Phi) is 3.49. The number of hydrogen-bond acceptors (Lipinski definition) is 3. The third-order valence-electron chi connectivity index (χ3n) is 3.68. The Morgan fingerprint density at radius 1 is 1.30 bits per heavy atom. The number of pyridine rings is 1. The lowest BCUT2D eigenvalue weighted by Gasteiger charge is -2.11. The highest BCUT2D eigenvalue weighted by Gasteiger charge is 2.18. The summed E-state index contributed by atoms with van der Waals surface area (Å²) in [7, 11) is 0. The summed E-state index contributed by atoms with van der Waals surface area (Å²) >= 11 is 1.64. The minimum Gasteiger partial charge on any atom is -0.481 e. The van der Waals surface area contributed by atoms with Crippen molar-refractivity contribution in [3.8, 4) is 0 Å². The molecule has 1 aliphatic rings. The molecule has 1 atom stereocenters. The summed E-state index contributed by atoms with van der Waals surface area (Å²) in [6.07, 6.45) is 3.76. The van der Waals surface area contributed by atoms with E-state index in [9.17, 15) is 4.79 Å². The highest BCUT2D eigenvalue weighted by Crippen LogP contribution is 2.37. The van der Waals surface area contributed by atoms with E-state index < -0.39 is 11.9 Å². The molecule has 2 aromatic rings. The molecule has 4 heteroatoms. The van der Waals surface area contributed by atoms with Crippen molar-refractivity contribution in [2.24, 2.45) is 0 Å². The Morgan fingerprint density at radius 3 is 2.90 bits per heavy atom. The van der Waals surface area contributed by atoms with E-state index in [4.69, 9.17) is 5.11 Å². The number of aryl methyl sites for hydroxylation is 2. The second-order valence-electron chi connectivity index (χ2n) is 5.00. The number of nitrogens with zero attached hydrogens (tertiary/aromatic N) is 1. The molecule has 1 N–H and O–H groups in total. The molecule has 1 aromatic heterocycles. The molecule has 1 aromatic carbocycles. The van der Waals surface area contributed by atoms with E-state index in [0.29, 0.717) is 0 Å². The fourth-order valence-corrected chi connectivity index (χ4v) is 3.48. The average molecular weight is 285 g/mol. The number of carbonyl (C=O) groups is 1. The van der Waals surface area contributed by atoms with Crippen LogP contribution in [0.3, 0.4) is 0 Å². The number of carboxylic acids is 1. The van der Waals surface area contributed by atoms with E-state index >= 15 is 0 Å². The summed E-state index contributed by atoms with van der Waals surface area (Å²) in [6, 6.07) is 10.1. The van der Waals surface area contributed by atoms with Crippen molar-refractivity contribution in [2.45, 2.75) is 35.6 Å². The molecule has 2 heterocycles. The fraction of sp³-hybridized carbons (Fsp3) is 0.250. The van der Waals surface area contributed by atoms with Gasteiger partial charge in [-0.2, -0.15) is 0 Å². The minimum atomic E-state index is -0.790. The first-order chi connectivity index (χ1) is 9.65. The molecule has 0 radical (unpaired) electrons. The van der Waals surface area contributed by atoms with Gasteiger partial charge in [-0.3, -0.25) is 4.79 Å². The SMILES string of the molecule is CC(C(=O)O)c1ccc2c(c1)Sc1ncccc1CC2. The highest BCUT2D eigenvalue weighted by molar-refractivity contribution is 7.99. The minimum absolute atomic E-state index is 0.479. The zero-order chi connectivity index (χ0) is 14.1. The van der Waals surface area contributed by atoms with Crippen LogP contribution in [0.25, 0.3) is 0 Å². The Morgan fingerprint density at radius 2 is 2.10 bits per heavy atom. The van der Waals surface area contributed by atoms with Crippen LogP contribution in [0.4, 0.5) is 0 Å². The number of aliphatic carboxylic acids is 1. The molecule has 1 unspecified atom stereocenters. The maximum atomic E-state index is 11.1. The first-order valence-electron chi connectivity index (χ1n) is 6.62. The standard InChI is InChI=1S/C16H15NO2S/c1-10(16(18)19)13-7-5-11-4-6-12-3-2-8-17-15(12)20-14(11)9-13/h2-3,5,7-10H,4,6H2,1H3,(H,18,19). The number of benzene rings is 1. The van der Waals surface area contributed by atoms with Crippen LogP contribution in [0.2, 0.25) is 0 Å². The van der Waals surface area contributed by atoms with Crippen LogP contribution in [0, 0.1) is 0 Å². The van der Waals surface area contributed by atoms with Crippen LogP contribution < -0.4 is 0 Å². The van der Waals surface area contributed by atoms with E-state index in [1.807, 2.05) is 18.2 Å². The lowest BCUT2D eigenvalue weighted by Crippen LogP contribution is -2.07. The predicted octanol–water partition coefficient (Wildman–Crippen LogP) is 3.52. The molecule has 0 fully saturated rings. The first-order valence-corrected chi connectivity index (χ1v) is 7.44. The monoisotopic (exact) mass is 285 g/mol. The molecule has 0 spiro atoms. The number of aromatic nitrogens is 1. The van der Waals surface area contributed by atoms with Gasteiger partial charge < -0.3 is 5.11 Å². The maximum absolute atomic E-state index is 11.1. The molecule has 0 bridgehead atoms. The smallest absolute Gasteiger partial charge is 0.310 e. The van der Waals surface area contributed by atoms with Gasteiger partial charge in [0, 0.05) is 11.1 Å². The van der Waals surface area contributed by atoms with Gasteiger partial charge in [-0.1, -0.05) is 30.0 Å². The first kappa shape index (κ1) is 13.2. The van der Waals surface area contributed by atoms with Gasteiger partial charge in [-0.15, -0.1) is 0 Å². The van der Waals surface area contributed by atoms with Crippen molar-refractivity contribution in [1.29, 1.82) is 0 Å². The van der Waals surface area contributed by atoms with Crippen LogP contribution in [-0.4, -0.2) is 16.1 Å². The highest BCUT2D eigenvalue weighted by atomic mass is 32.2. The van der Waals surface area contributed by atoms with Crippen molar-refractivity contribution in [3.05, 3.63) is 53.2 Å². The molecular formula is C16H15NO2S. The number of rotatable bonds is 2. The predicted molar refractivity (Wildman–Crippen MR) is 78.3 cm³/mol. The quantitative estimate of drug-likeness (QED) is 0.917. The molecule has 3 nitrogen and oxygen atoms in total. The molecule has 0 amide bonds. The molecule has 0 saturated carbocycles. The summed E-state index contributed by atoms with van der Waals surface area (Å²) in [4.78, 5) is 16.7. The van der Waals surface area contributed by atoms with Gasteiger partial charge in [0.05, 0.1) is 5.92 Å². The van der Waals surface area contributed by atoms with E-state index in [-0.39, 0.29) is 0 Å². The van der Waals surface area contributed by atoms with Gasteiger partial charge in [0.2, 0.25) is 0 Å². The number of fused-ring (bicyclic) bond motifs is 2. The Balaban J connectivity index is 2.00. The zero-order valence-electron chi connectivity index (χ0n) is 11.2. The van der Waals surface area contributed by atoms with Crippen LogP contribution in [0.5, 0.6) is 0 Å². The van der Waals surface area contributed by atoms with Gasteiger partial charge in [0.25, 0.3) is 0 Å². The average Bonchev–Trinajstić information content (AvgIpc) is 2.64. The fourth-order valence-electron chi connectivity index (χ4n) is 2.36. The van der Waals surface area contributed by atoms with Crippen molar-refractivity contribution in [1.82, 2.24) is 4.98 Å². The van der Waals surface area contributed by atoms with E-state index in [2.05, 4.69) is 17.1 Å². The number of carboxylic acid groups (broad SMARTS) is 1. The van der Waals surface area contributed by atoms with Gasteiger partial charge in [0.1, 0.15) is 5.03 Å². The Labute approximate surface area is 122 Å². The topological polar surface area (TPSA) is 50.2 Å². The largest absolute Gasteiger partial charge is 0.481 e. The van der Waals surface area contributed by atoms with Gasteiger partial charge in [0.15, 0.2) is 0 Å². The molecule has 3 rings (SSSR count). The van der Waals surface area contributed by atoms with E-state index in [1.54, 1.807) is 24.9 Å². The summed E-state index contributed by atoms with van der Waals surface area (Å²) in [6.45, 7) is 1.72. The Bertz CT molecular complexity index is 669. The molecule has 102 valence electrons. The maximum Gasteiger partial charge on any atom is 0.310 e. The second-order valence-corrected chi connectivity index (χ2v) is 6.03. The zero-order valence-corrected chi connectivity index (χ0v) is 12.0. The Hall–Kier alpha value is -1.81.